The van der Waals surface area contributed by atoms with E-state index in [0.29, 0.717) is 5.82 Å². The Bertz CT molecular complexity index is 2820. The summed E-state index contributed by atoms with van der Waals surface area (Å²) in [5, 5.41) is 4.44. The van der Waals surface area contributed by atoms with Gasteiger partial charge in [0, 0.05) is 43.7 Å². The van der Waals surface area contributed by atoms with E-state index in [1.54, 1.807) is 0 Å². The minimum atomic E-state index is -0.224. The SMILES string of the molecule is CC(C)(C)C1(C)c2ccc(-c3nc(-c4ccccc4)cc(-c4cccc5oc6ccccc6c45)n3)cc2-c2c1ccc1oc3ccccc3c21. The van der Waals surface area contributed by atoms with Gasteiger partial charge in [0.1, 0.15) is 22.3 Å². The summed E-state index contributed by atoms with van der Waals surface area (Å²) < 4.78 is 12.7. The highest BCUT2D eigenvalue weighted by Crippen LogP contribution is 2.59. The normalized spacial score (nSPS) is 15.7. The van der Waals surface area contributed by atoms with Crippen molar-refractivity contribution in [3.05, 3.63) is 145 Å². The third kappa shape index (κ3) is 3.99. The molecule has 10 rings (SSSR count). The first-order valence-electron chi connectivity index (χ1n) is 17.2. The highest BCUT2D eigenvalue weighted by Gasteiger charge is 2.48. The van der Waals surface area contributed by atoms with Crippen LogP contribution in [0.15, 0.2) is 142 Å². The van der Waals surface area contributed by atoms with E-state index in [1.165, 1.54) is 27.6 Å². The summed E-state index contributed by atoms with van der Waals surface area (Å²) >= 11 is 0. The van der Waals surface area contributed by atoms with E-state index in [-0.39, 0.29) is 10.8 Å². The lowest BCUT2D eigenvalue weighted by Gasteiger charge is -2.41. The van der Waals surface area contributed by atoms with Crippen molar-refractivity contribution >= 4 is 43.9 Å². The van der Waals surface area contributed by atoms with E-state index >= 15 is 0 Å². The first-order chi connectivity index (χ1) is 24.3. The van der Waals surface area contributed by atoms with E-state index < -0.39 is 0 Å². The van der Waals surface area contributed by atoms with Crippen molar-refractivity contribution < 1.29 is 8.83 Å². The van der Waals surface area contributed by atoms with E-state index in [2.05, 4.69) is 125 Å². The molecule has 0 spiro atoms. The lowest BCUT2D eigenvalue weighted by molar-refractivity contribution is 0.255. The Balaban J connectivity index is 1.25. The van der Waals surface area contributed by atoms with Crippen LogP contribution in [0.1, 0.15) is 38.8 Å². The van der Waals surface area contributed by atoms with E-state index in [9.17, 15) is 0 Å². The van der Waals surface area contributed by atoms with Crippen molar-refractivity contribution in [2.75, 3.05) is 0 Å². The Hall–Kier alpha value is -6.00. The van der Waals surface area contributed by atoms with Crippen LogP contribution in [-0.2, 0) is 5.41 Å². The molecule has 3 heterocycles. The van der Waals surface area contributed by atoms with Crippen molar-refractivity contribution in [3.63, 3.8) is 0 Å². The molecule has 4 heteroatoms. The van der Waals surface area contributed by atoms with Gasteiger partial charge in [0.15, 0.2) is 5.82 Å². The molecule has 9 aromatic rings. The molecule has 0 radical (unpaired) electrons. The third-order valence-corrected chi connectivity index (χ3v) is 11.1. The summed E-state index contributed by atoms with van der Waals surface area (Å²) in [6, 6.07) is 46.6. The molecule has 1 unspecified atom stereocenters. The van der Waals surface area contributed by atoms with E-state index in [0.717, 1.165) is 66.6 Å². The number of nitrogens with zero attached hydrogens (tertiary/aromatic N) is 2. The molecule has 1 aliphatic carbocycles. The summed E-state index contributed by atoms with van der Waals surface area (Å²) in [6.07, 6.45) is 0. The number of hydrogen-bond donors (Lipinski definition) is 0. The van der Waals surface area contributed by atoms with Gasteiger partial charge >= 0.3 is 0 Å². The Morgan fingerprint density at radius 1 is 0.500 bits per heavy atom. The molecule has 240 valence electrons. The van der Waals surface area contributed by atoms with E-state index in [4.69, 9.17) is 18.8 Å². The van der Waals surface area contributed by atoms with Gasteiger partial charge in [0.25, 0.3) is 0 Å². The maximum absolute atomic E-state index is 6.42. The van der Waals surface area contributed by atoms with Gasteiger partial charge in [-0.2, -0.15) is 0 Å². The standard InChI is InChI=1S/C46H34N2O2/c1-45(2,3)46(4)33-22-21-28(25-32(33)42-34(46)23-24-40-43(42)31-16-9-11-19-38(31)50-40)44-47-35(27-13-6-5-7-14-27)26-36(48-44)29-17-12-20-39-41(29)30-15-8-10-18-37(30)49-39/h5-26H,1-4H3. The monoisotopic (exact) mass is 646 g/mol. The minimum Gasteiger partial charge on any atom is -0.456 e. The second-order valence-corrected chi connectivity index (χ2v) is 14.7. The number of furan rings is 2. The van der Waals surface area contributed by atoms with Gasteiger partial charge in [-0.05, 0) is 64.1 Å². The number of rotatable bonds is 3. The first kappa shape index (κ1) is 29.0. The molecule has 0 saturated heterocycles. The van der Waals surface area contributed by atoms with Crippen molar-refractivity contribution in [2.45, 2.75) is 33.1 Å². The minimum absolute atomic E-state index is 0.0509. The van der Waals surface area contributed by atoms with Gasteiger partial charge in [-0.3, -0.25) is 0 Å². The van der Waals surface area contributed by atoms with Gasteiger partial charge < -0.3 is 8.83 Å². The largest absolute Gasteiger partial charge is 0.456 e. The molecule has 3 aromatic heterocycles. The van der Waals surface area contributed by atoms with Crippen LogP contribution in [-0.4, -0.2) is 9.97 Å². The zero-order chi connectivity index (χ0) is 33.8. The average Bonchev–Trinajstić information content (AvgIpc) is 3.80. The maximum Gasteiger partial charge on any atom is 0.160 e. The van der Waals surface area contributed by atoms with Crippen LogP contribution in [0.2, 0.25) is 0 Å². The fourth-order valence-electron chi connectivity index (χ4n) is 8.25. The molecule has 50 heavy (non-hydrogen) atoms. The predicted octanol–water partition coefficient (Wildman–Crippen LogP) is 12.6. The Kier molecular flexibility index (Phi) is 5.94. The zero-order valence-electron chi connectivity index (χ0n) is 28.4. The van der Waals surface area contributed by atoms with Gasteiger partial charge in [-0.25, -0.2) is 9.97 Å². The van der Waals surface area contributed by atoms with Gasteiger partial charge in [-0.15, -0.1) is 0 Å². The molecule has 0 bridgehead atoms. The van der Waals surface area contributed by atoms with Gasteiger partial charge in [0.05, 0.1) is 11.4 Å². The molecule has 0 amide bonds. The Morgan fingerprint density at radius 2 is 1.12 bits per heavy atom. The Labute approximate surface area is 290 Å². The molecule has 6 aromatic carbocycles. The van der Waals surface area contributed by atoms with Crippen molar-refractivity contribution in [2.24, 2.45) is 5.41 Å². The second kappa shape index (κ2) is 10.3. The molecular weight excluding hydrogens is 613 g/mol. The topological polar surface area (TPSA) is 52.1 Å². The quantitative estimate of drug-likeness (QED) is 0.192. The molecule has 0 fully saturated rings. The molecule has 1 atom stereocenters. The molecular formula is C46H34N2O2. The van der Waals surface area contributed by atoms with Gasteiger partial charge in [0.2, 0.25) is 0 Å². The summed E-state index contributed by atoms with van der Waals surface area (Å²) in [7, 11) is 0. The highest BCUT2D eigenvalue weighted by atomic mass is 16.3. The second-order valence-electron chi connectivity index (χ2n) is 14.7. The smallest absolute Gasteiger partial charge is 0.160 e. The number of fused-ring (bicyclic) bond motifs is 10. The van der Waals surface area contributed by atoms with Crippen molar-refractivity contribution in [1.29, 1.82) is 0 Å². The van der Waals surface area contributed by atoms with Crippen LogP contribution in [0.3, 0.4) is 0 Å². The van der Waals surface area contributed by atoms with Crippen LogP contribution in [0.25, 0.3) is 88.9 Å². The lowest BCUT2D eigenvalue weighted by Crippen LogP contribution is -2.36. The van der Waals surface area contributed by atoms with Gasteiger partial charge in [-0.1, -0.05) is 125 Å². The molecule has 1 aliphatic rings. The van der Waals surface area contributed by atoms with Crippen LogP contribution in [0, 0.1) is 5.41 Å². The molecule has 4 nitrogen and oxygen atoms in total. The van der Waals surface area contributed by atoms with Crippen LogP contribution >= 0.6 is 0 Å². The van der Waals surface area contributed by atoms with Crippen LogP contribution in [0.5, 0.6) is 0 Å². The maximum atomic E-state index is 6.42. The summed E-state index contributed by atoms with van der Waals surface area (Å²) in [5.41, 5.74) is 13.1. The van der Waals surface area contributed by atoms with E-state index in [1.807, 2.05) is 36.4 Å². The summed E-state index contributed by atoms with van der Waals surface area (Å²) in [4.78, 5) is 10.6. The van der Waals surface area contributed by atoms with Crippen LogP contribution < -0.4 is 0 Å². The number of para-hydroxylation sites is 2. The zero-order valence-corrected chi connectivity index (χ0v) is 28.4. The summed E-state index contributed by atoms with van der Waals surface area (Å²) in [6.45, 7) is 9.43. The molecule has 0 saturated carbocycles. The fraction of sp³-hybridized carbons (Fsp3) is 0.130. The van der Waals surface area contributed by atoms with Crippen LogP contribution in [0.4, 0.5) is 0 Å². The third-order valence-electron chi connectivity index (χ3n) is 11.1. The lowest BCUT2D eigenvalue weighted by atomic mass is 9.62. The van der Waals surface area contributed by atoms with Crippen molar-refractivity contribution in [3.8, 4) is 45.0 Å². The Morgan fingerprint density at radius 3 is 1.86 bits per heavy atom. The fourth-order valence-corrected chi connectivity index (χ4v) is 8.25. The number of hydrogen-bond acceptors (Lipinski definition) is 4. The summed E-state index contributed by atoms with van der Waals surface area (Å²) in [5.74, 6) is 0.684. The number of benzene rings is 6. The molecule has 0 N–H and O–H groups in total. The number of aromatic nitrogens is 2. The predicted molar refractivity (Wildman–Crippen MR) is 204 cm³/mol. The molecule has 0 aliphatic heterocycles. The highest BCUT2D eigenvalue weighted by molar-refractivity contribution is 6.15. The first-order valence-corrected chi connectivity index (χ1v) is 17.2. The van der Waals surface area contributed by atoms with Crippen molar-refractivity contribution in [1.82, 2.24) is 9.97 Å². The average molecular weight is 647 g/mol.